The molecule has 1 saturated heterocycles. The summed E-state index contributed by atoms with van der Waals surface area (Å²) in [7, 11) is 0. The minimum absolute atomic E-state index is 0.0403. The van der Waals surface area contributed by atoms with Crippen LogP contribution in [0.3, 0.4) is 0 Å². The van der Waals surface area contributed by atoms with Crippen molar-refractivity contribution >= 4 is 6.03 Å². The van der Waals surface area contributed by atoms with E-state index < -0.39 is 0 Å². The van der Waals surface area contributed by atoms with Gasteiger partial charge in [-0.15, -0.1) is 0 Å². The smallest absolute Gasteiger partial charge is 0.317 e. The van der Waals surface area contributed by atoms with Crippen molar-refractivity contribution < 1.29 is 14.3 Å². The summed E-state index contributed by atoms with van der Waals surface area (Å²) in [5.74, 6) is 0.876. The van der Waals surface area contributed by atoms with Gasteiger partial charge in [0.05, 0.1) is 12.1 Å². The molecule has 24 heavy (non-hydrogen) atoms. The number of rotatable bonds is 5. The number of hydrogen-bond donors (Lipinski definition) is 1. The van der Waals surface area contributed by atoms with Gasteiger partial charge in [0.25, 0.3) is 0 Å². The molecular formula is C19H28N2O3. The van der Waals surface area contributed by atoms with E-state index in [1.54, 1.807) is 0 Å². The molecule has 3 rings (SSSR count). The van der Waals surface area contributed by atoms with Gasteiger partial charge in [-0.2, -0.15) is 0 Å². The van der Waals surface area contributed by atoms with Gasteiger partial charge in [-0.1, -0.05) is 18.2 Å². The quantitative estimate of drug-likeness (QED) is 0.901. The van der Waals surface area contributed by atoms with Gasteiger partial charge in [0, 0.05) is 19.7 Å². The fraction of sp³-hybridized carbons (Fsp3) is 0.632. The molecule has 5 heteroatoms. The molecule has 2 amide bonds. The van der Waals surface area contributed by atoms with E-state index >= 15 is 0 Å². The molecule has 1 saturated carbocycles. The molecule has 2 atom stereocenters. The van der Waals surface area contributed by atoms with Gasteiger partial charge in [-0.05, 0) is 51.2 Å². The highest BCUT2D eigenvalue weighted by atomic mass is 16.5. The molecule has 0 aromatic heterocycles. The number of carbonyl (C=O) groups excluding carboxylic acids is 1. The number of carbonyl (C=O) groups is 1. The van der Waals surface area contributed by atoms with Gasteiger partial charge in [-0.25, -0.2) is 4.79 Å². The lowest BCUT2D eigenvalue weighted by Crippen LogP contribution is -2.51. The fourth-order valence-electron chi connectivity index (χ4n) is 3.62. The monoisotopic (exact) mass is 332 g/mol. The molecule has 1 aliphatic heterocycles. The number of likely N-dealkylation sites (tertiary alicyclic amines) is 1. The Bertz CT molecular complexity index is 515. The summed E-state index contributed by atoms with van der Waals surface area (Å²) in [4.78, 5) is 14.4. The Hall–Kier alpha value is -1.75. The number of urea groups is 1. The minimum atomic E-state index is 0.0403. The fourth-order valence-corrected chi connectivity index (χ4v) is 3.62. The highest BCUT2D eigenvalue weighted by Crippen LogP contribution is 2.25. The van der Waals surface area contributed by atoms with E-state index in [0.29, 0.717) is 6.10 Å². The Morgan fingerprint density at radius 3 is 2.62 bits per heavy atom. The number of para-hydroxylation sites is 1. The van der Waals surface area contributed by atoms with Gasteiger partial charge in [0.15, 0.2) is 0 Å². The number of hydrogen-bond acceptors (Lipinski definition) is 3. The van der Waals surface area contributed by atoms with E-state index in [9.17, 15) is 4.79 Å². The van der Waals surface area contributed by atoms with Gasteiger partial charge < -0.3 is 19.7 Å². The molecule has 1 aromatic rings. The van der Waals surface area contributed by atoms with Crippen molar-refractivity contribution in [2.75, 3.05) is 19.7 Å². The number of piperidine rings is 1. The molecule has 0 bridgehead atoms. The zero-order valence-corrected chi connectivity index (χ0v) is 14.4. The first-order valence-corrected chi connectivity index (χ1v) is 9.15. The first-order valence-electron chi connectivity index (χ1n) is 9.15. The maximum Gasteiger partial charge on any atom is 0.317 e. The highest BCUT2D eigenvalue weighted by molar-refractivity contribution is 5.74. The molecule has 0 radical (unpaired) electrons. The van der Waals surface area contributed by atoms with Crippen LogP contribution in [-0.4, -0.2) is 48.9 Å². The summed E-state index contributed by atoms with van der Waals surface area (Å²) in [6, 6.07) is 10.00. The van der Waals surface area contributed by atoms with Crippen molar-refractivity contribution in [2.24, 2.45) is 0 Å². The van der Waals surface area contributed by atoms with Crippen molar-refractivity contribution in [3.63, 3.8) is 0 Å². The Labute approximate surface area is 144 Å². The Morgan fingerprint density at radius 1 is 1.17 bits per heavy atom. The number of amides is 2. The van der Waals surface area contributed by atoms with E-state index in [2.05, 4.69) is 5.32 Å². The largest absolute Gasteiger partial charge is 0.488 e. The molecule has 0 unspecified atom stereocenters. The van der Waals surface area contributed by atoms with Crippen LogP contribution in [0, 0.1) is 0 Å². The molecule has 1 aromatic carbocycles. The second-order valence-corrected chi connectivity index (χ2v) is 6.60. The van der Waals surface area contributed by atoms with Gasteiger partial charge in [0.1, 0.15) is 11.9 Å². The van der Waals surface area contributed by atoms with Crippen molar-refractivity contribution in [2.45, 2.75) is 57.3 Å². The Balaban J connectivity index is 1.48. The predicted molar refractivity (Wildman–Crippen MR) is 93.2 cm³/mol. The predicted octanol–water partition coefficient (Wildman–Crippen LogP) is 3.20. The number of nitrogens with zero attached hydrogens (tertiary/aromatic N) is 1. The van der Waals surface area contributed by atoms with Crippen molar-refractivity contribution in [1.29, 1.82) is 0 Å². The van der Waals surface area contributed by atoms with Gasteiger partial charge in [-0.3, -0.25) is 0 Å². The maximum atomic E-state index is 12.5. The molecular weight excluding hydrogens is 304 g/mol. The van der Waals surface area contributed by atoms with E-state index in [0.717, 1.165) is 57.6 Å². The van der Waals surface area contributed by atoms with E-state index in [1.165, 1.54) is 0 Å². The zero-order valence-electron chi connectivity index (χ0n) is 14.4. The van der Waals surface area contributed by atoms with E-state index in [4.69, 9.17) is 9.47 Å². The van der Waals surface area contributed by atoms with E-state index in [-0.39, 0.29) is 18.2 Å². The lowest BCUT2D eigenvalue weighted by Gasteiger charge is -2.33. The number of nitrogens with one attached hydrogen (secondary N) is 1. The van der Waals surface area contributed by atoms with Crippen LogP contribution >= 0.6 is 0 Å². The summed E-state index contributed by atoms with van der Waals surface area (Å²) in [5.41, 5.74) is 0. The van der Waals surface area contributed by atoms with Crippen LogP contribution in [0.15, 0.2) is 30.3 Å². The average Bonchev–Trinajstić information content (AvgIpc) is 3.03. The van der Waals surface area contributed by atoms with Crippen LogP contribution in [0.1, 0.15) is 39.0 Å². The summed E-state index contributed by atoms with van der Waals surface area (Å²) in [6.07, 6.45) is 5.29. The Kier molecular flexibility index (Phi) is 5.96. The molecule has 1 aliphatic carbocycles. The summed E-state index contributed by atoms with van der Waals surface area (Å²) in [5, 5.41) is 3.19. The SMILES string of the molecule is CCOC1CCN(C(=O)N[C@@H]2CCC[C@H]2Oc2ccccc2)CC1. The third-order valence-electron chi connectivity index (χ3n) is 4.92. The van der Waals surface area contributed by atoms with Crippen LogP contribution in [-0.2, 0) is 4.74 Å². The third-order valence-corrected chi connectivity index (χ3v) is 4.92. The molecule has 2 fully saturated rings. The van der Waals surface area contributed by atoms with Crippen LogP contribution < -0.4 is 10.1 Å². The van der Waals surface area contributed by atoms with Gasteiger partial charge >= 0.3 is 6.03 Å². The number of benzene rings is 1. The van der Waals surface area contributed by atoms with E-state index in [1.807, 2.05) is 42.2 Å². The lowest BCUT2D eigenvalue weighted by molar-refractivity contribution is 0.0214. The normalized spacial score (nSPS) is 24.8. The molecule has 1 heterocycles. The second kappa shape index (κ2) is 8.38. The summed E-state index contributed by atoms with van der Waals surface area (Å²) < 4.78 is 11.7. The Morgan fingerprint density at radius 2 is 1.92 bits per heavy atom. The maximum absolute atomic E-state index is 12.5. The average molecular weight is 332 g/mol. The molecule has 5 nitrogen and oxygen atoms in total. The first kappa shape index (κ1) is 17.1. The van der Waals surface area contributed by atoms with Crippen LogP contribution in [0.4, 0.5) is 4.79 Å². The van der Waals surface area contributed by atoms with Crippen LogP contribution in [0.25, 0.3) is 0 Å². The molecule has 2 aliphatic rings. The molecule has 0 spiro atoms. The minimum Gasteiger partial charge on any atom is -0.488 e. The lowest BCUT2D eigenvalue weighted by atomic mass is 10.1. The number of ether oxygens (including phenoxy) is 2. The van der Waals surface area contributed by atoms with Gasteiger partial charge in [0.2, 0.25) is 0 Å². The summed E-state index contributed by atoms with van der Waals surface area (Å²) in [6.45, 7) is 4.31. The molecule has 1 N–H and O–H groups in total. The molecule has 132 valence electrons. The standard InChI is InChI=1S/C19H28N2O3/c1-2-23-15-11-13-21(14-12-15)19(22)20-17-9-6-10-18(17)24-16-7-4-3-5-8-16/h3-5,7-8,15,17-18H,2,6,9-14H2,1H3,(H,20,22)/t17-,18-/m1/s1. The second-order valence-electron chi connectivity index (χ2n) is 6.60. The highest BCUT2D eigenvalue weighted by Gasteiger charge is 2.32. The van der Waals surface area contributed by atoms with Crippen LogP contribution in [0.2, 0.25) is 0 Å². The van der Waals surface area contributed by atoms with Crippen LogP contribution in [0.5, 0.6) is 5.75 Å². The zero-order chi connectivity index (χ0) is 16.8. The van der Waals surface area contributed by atoms with Crippen molar-refractivity contribution in [3.8, 4) is 5.75 Å². The third kappa shape index (κ3) is 4.41. The van der Waals surface area contributed by atoms with Crippen molar-refractivity contribution in [3.05, 3.63) is 30.3 Å². The first-order chi connectivity index (χ1) is 11.8. The topological polar surface area (TPSA) is 50.8 Å². The summed E-state index contributed by atoms with van der Waals surface area (Å²) >= 11 is 0. The van der Waals surface area contributed by atoms with Crippen molar-refractivity contribution in [1.82, 2.24) is 10.2 Å².